The zero-order valence-electron chi connectivity index (χ0n) is 14.5. The highest BCUT2D eigenvalue weighted by Gasteiger charge is 2.54. The molecule has 0 aliphatic carbocycles. The largest absolute Gasteiger partial charge is 0.423 e. The number of thioether (sulfide) groups is 1. The van der Waals surface area contributed by atoms with Gasteiger partial charge >= 0.3 is 12.4 Å². The molecule has 2 rings (SSSR count). The zero-order chi connectivity index (χ0) is 21.7. The fraction of sp³-hybridized carbons (Fsp3) is 0.158. The van der Waals surface area contributed by atoms with E-state index in [9.17, 15) is 35.9 Å². The smallest absolute Gasteiger partial charge is 0.318 e. The highest BCUT2D eigenvalue weighted by Crippen LogP contribution is 2.41. The second-order valence-corrected chi connectivity index (χ2v) is 6.58. The van der Waals surface area contributed by atoms with Gasteiger partial charge in [-0.3, -0.25) is 9.59 Å². The molecule has 0 aromatic heterocycles. The Morgan fingerprint density at radius 1 is 0.793 bits per heavy atom. The van der Waals surface area contributed by atoms with Gasteiger partial charge in [0.2, 0.25) is 5.12 Å². The molecule has 0 unspecified atom stereocenters. The summed E-state index contributed by atoms with van der Waals surface area (Å²) in [7, 11) is 0. The van der Waals surface area contributed by atoms with Crippen LogP contribution >= 0.6 is 11.8 Å². The molecule has 2 aromatic rings. The molecule has 0 aliphatic rings. The minimum atomic E-state index is -5.90. The van der Waals surface area contributed by atoms with Gasteiger partial charge in [0.05, 0.1) is 0 Å². The number of amides is 1. The second-order valence-electron chi connectivity index (χ2n) is 5.63. The number of allylic oxidation sites excluding steroid dienone is 1. The first kappa shape index (κ1) is 22.5. The average Bonchev–Trinajstić information content (AvgIpc) is 2.65. The molecule has 2 aromatic carbocycles. The molecule has 0 radical (unpaired) electrons. The lowest BCUT2D eigenvalue weighted by Gasteiger charge is -2.20. The van der Waals surface area contributed by atoms with E-state index in [4.69, 9.17) is 0 Å². The van der Waals surface area contributed by atoms with Crippen molar-refractivity contribution < 1.29 is 35.9 Å². The number of hydrogen-bond donors (Lipinski definition) is 1. The Balaban J connectivity index is 2.42. The summed E-state index contributed by atoms with van der Waals surface area (Å²) in [5.74, 6) is -1.44. The Morgan fingerprint density at radius 2 is 1.28 bits per heavy atom. The van der Waals surface area contributed by atoms with Crippen LogP contribution in [0.4, 0.5) is 26.3 Å². The molecule has 0 aliphatic heterocycles. The normalized spacial score (nSPS) is 11.7. The Kier molecular flexibility index (Phi) is 7.12. The van der Waals surface area contributed by atoms with Gasteiger partial charge in [0.15, 0.2) is 5.57 Å². The minimum absolute atomic E-state index is 0.173. The van der Waals surface area contributed by atoms with Crippen LogP contribution in [0, 0.1) is 0 Å². The van der Waals surface area contributed by atoms with Gasteiger partial charge in [0.25, 0.3) is 5.91 Å². The number of hydrogen-bond acceptors (Lipinski definition) is 3. The first-order valence-electron chi connectivity index (χ1n) is 7.96. The molecule has 3 nitrogen and oxygen atoms in total. The minimum Gasteiger partial charge on any atom is -0.318 e. The molecule has 0 fully saturated rings. The van der Waals surface area contributed by atoms with E-state index in [2.05, 4.69) is 0 Å². The van der Waals surface area contributed by atoms with Gasteiger partial charge in [-0.15, -0.1) is 0 Å². The Hall–Kier alpha value is -2.75. The van der Waals surface area contributed by atoms with E-state index in [-0.39, 0.29) is 23.1 Å². The Bertz CT molecular complexity index is 876. The molecule has 0 saturated heterocycles. The van der Waals surface area contributed by atoms with Crippen molar-refractivity contribution >= 4 is 22.8 Å². The van der Waals surface area contributed by atoms with E-state index in [0.717, 1.165) is 0 Å². The van der Waals surface area contributed by atoms with Crippen LogP contribution in [-0.4, -0.2) is 23.4 Å². The summed E-state index contributed by atoms with van der Waals surface area (Å²) < 4.78 is 78.9. The first-order chi connectivity index (χ1) is 13.5. The maximum Gasteiger partial charge on any atom is 0.423 e. The molecule has 0 bridgehead atoms. The third-order valence-electron chi connectivity index (χ3n) is 3.51. The molecule has 10 heteroatoms. The molecular weight excluding hydrogens is 420 g/mol. The third kappa shape index (κ3) is 6.38. The van der Waals surface area contributed by atoms with E-state index in [1.165, 1.54) is 35.6 Å². The molecule has 0 spiro atoms. The summed E-state index contributed by atoms with van der Waals surface area (Å²) in [6.07, 6.45) is -11.8. The lowest BCUT2D eigenvalue weighted by molar-refractivity contribution is -0.174. The van der Waals surface area contributed by atoms with Crippen molar-refractivity contribution in [2.24, 2.45) is 0 Å². The van der Waals surface area contributed by atoms with Crippen LogP contribution < -0.4 is 5.32 Å². The van der Waals surface area contributed by atoms with Crippen molar-refractivity contribution in [2.45, 2.75) is 18.1 Å². The number of benzene rings is 2. The van der Waals surface area contributed by atoms with Gasteiger partial charge in [0.1, 0.15) is 5.70 Å². The predicted octanol–water partition coefficient (Wildman–Crippen LogP) is 5.26. The number of carbonyl (C=O) groups is 2. The van der Waals surface area contributed by atoms with E-state index >= 15 is 0 Å². The fourth-order valence-electron chi connectivity index (χ4n) is 2.23. The van der Waals surface area contributed by atoms with E-state index in [0.29, 0.717) is 5.56 Å². The lowest BCUT2D eigenvalue weighted by Crippen LogP contribution is -2.36. The van der Waals surface area contributed by atoms with Gasteiger partial charge in [0, 0.05) is 11.3 Å². The summed E-state index contributed by atoms with van der Waals surface area (Å²) in [6.45, 7) is 0. The molecule has 1 N–H and O–H groups in total. The van der Waals surface area contributed by atoms with E-state index in [1.807, 2.05) is 0 Å². The summed E-state index contributed by atoms with van der Waals surface area (Å²) in [5, 5.41) is -0.0401. The SMILES string of the molecule is O=C(SCc1ccccc1)C(NC(=O)c1ccccc1)=C(C(F)(F)F)C(F)(F)F. The van der Waals surface area contributed by atoms with Gasteiger partial charge in [-0.25, -0.2) is 0 Å². The fourth-order valence-corrected chi connectivity index (χ4v) is 3.02. The average molecular weight is 433 g/mol. The lowest BCUT2D eigenvalue weighted by atomic mass is 10.1. The van der Waals surface area contributed by atoms with Crippen LogP contribution in [0.3, 0.4) is 0 Å². The van der Waals surface area contributed by atoms with E-state index in [1.54, 1.807) is 30.3 Å². The Labute approximate surface area is 165 Å². The summed E-state index contributed by atoms with van der Waals surface area (Å²) >= 11 is 0.224. The van der Waals surface area contributed by atoms with Gasteiger partial charge in [-0.05, 0) is 17.7 Å². The quantitative estimate of drug-likeness (QED) is 0.517. The van der Waals surface area contributed by atoms with Crippen molar-refractivity contribution in [3.05, 3.63) is 83.1 Å². The summed E-state index contributed by atoms with van der Waals surface area (Å²) in [4.78, 5) is 24.5. The van der Waals surface area contributed by atoms with Gasteiger partial charge < -0.3 is 5.32 Å². The standard InChI is InChI=1S/C19H13F6NO2S/c20-18(21,22)15(19(23,24)25)14(26-16(27)13-9-5-2-6-10-13)17(28)29-11-12-7-3-1-4-8-12/h1-10H,11H2,(H,26,27). The number of rotatable bonds is 5. The molecule has 0 atom stereocenters. The highest BCUT2D eigenvalue weighted by atomic mass is 32.2. The van der Waals surface area contributed by atoms with Gasteiger partial charge in [-0.2, -0.15) is 26.3 Å². The molecule has 1 amide bonds. The maximum absolute atomic E-state index is 13.2. The topological polar surface area (TPSA) is 46.2 Å². The van der Waals surface area contributed by atoms with Crippen LogP contribution in [-0.2, 0) is 10.5 Å². The van der Waals surface area contributed by atoms with Crippen LogP contribution in [0.5, 0.6) is 0 Å². The molecule has 154 valence electrons. The van der Waals surface area contributed by atoms with Crippen LogP contribution in [0.25, 0.3) is 0 Å². The summed E-state index contributed by atoms with van der Waals surface area (Å²) in [5.41, 5.74) is -4.59. The molecule has 0 saturated carbocycles. The second kappa shape index (κ2) is 9.17. The zero-order valence-corrected chi connectivity index (χ0v) is 15.3. The van der Waals surface area contributed by atoms with Crippen LogP contribution in [0.1, 0.15) is 15.9 Å². The van der Waals surface area contributed by atoms with E-state index < -0.39 is 34.6 Å². The summed E-state index contributed by atoms with van der Waals surface area (Å²) in [6, 6.07) is 14.6. The highest BCUT2D eigenvalue weighted by molar-refractivity contribution is 8.13. The predicted molar refractivity (Wildman–Crippen MR) is 95.8 cm³/mol. The number of carbonyl (C=O) groups excluding carboxylic acids is 2. The monoisotopic (exact) mass is 433 g/mol. The van der Waals surface area contributed by atoms with Crippen molar-refractivity contribution in [1.82, 2.24) is 5.32 Å². The molecular formula is C19H13F6NO2S. The van der Waals surface area contributed by atoms with Crippen molar-refractivity contribution in [3.63, 3.8) is 0 Å². The van der Waals surface area contributed by atoms with Crippen molar-refractivity contribution in [3.8, 4) is 0 Å². The molecule has 29 heavy (non-hydrogen) atoms. The van der Waals surface area contributed by atoms with Crippen LogP contribution in [0.2, 0.25) is 0 Å². The third-order valence-corrected chi connectivity index (χ3v) is 4.45. The first-order valence-corrected chi connectivity index (χ1v) is 8.95. The number of halogens is 6. The van der Waals surface area contributed by atoms with Crippen molar-refractivity contribution in [2.75, 3.05) is 0 Å². The van der Waals surface area contributed by atoms with Crippen molar-refractivity contribution in [1.29, 1.82) is 0 Å². The Morgan fingerprint density at radius 3 is 1.76 bits per heavy atom. The maximum atomic E-state index is 13.2. The number of alkyl halides is 6. The van der Waals surface area contributed by atoms with Crippen LogP contribution in [0.15, 0.2) is 71.9 Å². The molecule has 0 heterocycles. The number of nitrogens with one attached hydrogen (secondary N) is 1. The van der Waals surface area contributed by atoms with Gasteiger partial charge in [-0.1, -0.05) is 60.3 Å².